The monoisotopic (exact) mass is 677 g/mol. The first-order valence-electron chi connectivity index (χ1n) is 18.7. The quantitative estimate of drug-likeness (QED) is 0.113. The lowest BCUT2D eigenvalue weighted by molar-refractivity contribution is 0.529. The fraction of sp³-hybridized carbons (Fsp3) is 0.176. The summed E-state index contributed by atoms with van der Waals surface area (Å²) in [5.41, 5.74) is 11.4. The van der Waals surface area contributed by atoms with Gasteiger partial charge in [0, 0.05) is 11.1 Å². The Balaban J connectivity index is 1.43. The molecule has 1 nitrogen and oxygen atoms in total. The summed E-state index contributed by atoms with van der Waals surface area (Å²) < 4.78 is 0. The molecule has 2 aliphatic carbocycles. The number of para-hydroxylation sites is 1. The smallest absolute Gasteiger partial charge is 0.0540 e. The van der Waals surface area contributed by atoms with Gasteiger partial charge in [-0.15, -0.1) is 0 Å². The highest BCUT2D eigenvalue weighted by Crippen LogP contribution is 2.44. The molecule has 0 radical (unpaired) electrons. The highest BCUT2D eigenvalue weighted by atomic mass is 15.1. The second kappa shape index (κ2) is 17.5. The van der Waals surface area contributed by atoms with Gasteiger partial charge >= 0.3 is 0 Å². The van der Waals surface area contributed by atoms with E-state index in [0.717, 1.165) is 32.1 Å². The van der Waals surface area contributed by atoms with E-state index in [1.54, 1.807) is 6.08 Å². The van der Waals surface area contributed by atoms with E-state index in [0.29, 0.717) is 0 Å². The molecular formula is C51H51N. The summed E-state index contributed by atoms with van der Waals surface area (Å²) in [5, 5.41) is 2.46. The average Bonchev–Trinajstić information content (AvgIpc) is 3.23. The van der Waals surface area contributed by atoms with Gasteiger partial charge in [-0.05, 0) is 108 Å². The topological polar surface area (TPSA) is 3.24 Å². The second-order valence-corrected chi connectivity index (χ2v) is 14.0. The maximum atomic E-state index is 3.75. The van der Waals surface area contributed by atoms with E-state index in [2.05, 4.69) is 196 Å². The second-order valence-electron chi connectivity index (χ2n) is 14.0. The third-order valence-corrected chi connectivity index (χ3v) is 9.90. The molecule has 260 valence electrons. The molecule has 0 bridgehead atoms. The van der Waals surface area contributed by atoms with Gasteiger partial charge in [0.05, 0.1) is 11.4 Å². The third kappa shape index (κ3) is 8.61. The Morgan fingerprint density at radius 1 is 0.788 bits per heavy atom. The molecule has 52 heavy (non-hydrogen) atoms. The van der Waals surface area contributed by atoms with E-state index >= 15 is 0 Å². The van der Waals surface area contributed by atoms with Crippen LogP contribution in [0.3, 0.4) is 0 Å². The summed E-state index contributed by atoms with van der Waals surface area (Å²) in [6.07, 6.45) is 39.8. The number of rotatable bonds is 11. The molecule has 0 aliphatic heterocycles. The predicted octanol–water partition coefficient (Wildman–Crippen LogP) is 14.5. The predicted molar refractivity (Wildman–Crippen MR) is 229 cm³/mol. The Bertz CT molecular complexity index is 2160. The van der Waals surface area contributed by atoms with E-state index in [4.69, 9.17) is 0 Å². The van der Waals surface area contributed by atoms with Crippen molar-refractivity contribution in [1.29, 1.82) is 0 Å². The van der Waals surface area contributed by atoms with Gasteiger partial charge in [-0.3, -0.25) is 0 Å². The van der Waals surface area contributed by atoms with Crippen LogP contribution in [0.5, 0.6) is 0 Å². The lowest BCUT2D eigenvalue weighted by Crippen LogP contribution is -2.20. The molecule has 0 N–H and O–H groups in total. The lowest BCUT2D eigenvalue weighted by Gasteiger charge is -2.32. The lowest BCUT2D eigenvalue weighted by atomic mass is 9.78. The molecule has 0 fully saturated rings. The molecule has 0 heterocycles. The Kier molecular flexibility index (Phi) is 12.2. The first-order valence-corrected chi connectivity index (χ1v) is 18.7. The summed E-state index contributed by atoms with van der Waals surface area (Å²) in [6.45, 7) is 10.7. The minimum atomic E-state index is -0.0884. The summed E-state index contributed by atoms with van der Waals surface area (Å²) in [4.78, 5) is 2.47. The minimum Gasteiger partial charge on any atom is -0.309 e. The number of hydrogen-bond acceptors (Lipinski definition) is 1. The molecule has 4 aromatic rings. The maximum absolute atomic E-state index is 3.75. The maximum Gasteiger partial charge on any atom is 0.0540 e. The molecule has 0 spiro atoms. The van der Waals surface area contributed by atoms with Gasteiger partial charge in [0.2, 0.25) is 0 Å². The van der Waals surface area contributed by atoms with Crippen LogP contribution in [0, 0.1) is 0 Å². The fourth-order valence-corrected chi connectivity index (χ4v) is 7.20. The number of allylic oxidation sites excluding steroid dienone is 18. The molecule has 1 heteroatoms. The molecule has 0 saturated heterocycles. The molecule has 2 aliphatic rings. The van der Waals surface area contributed by atoms with Gasteiger partial charge in [-0.25, -0.2) is 0 Å². The van der Waals surface area contributed by atoms with Crippen LogP contribution >= 0.6 is 0 Å². The first-order chi connectivity index (χ1) is 25.5. The van der Waals surface area contributed by atoms with Gasteiger partial charge in [-0.1, -0.05) is 178 Å². The molecule has 0 saturated carbocycles. The van der Waals surface area contributed by atoms with Gasteiger partial charge in [-0.2, -0.15) is 0 Å². The van der Waals surface area contributed by atoms with Crippen LogP contribution in [-0.4, -0.2) is 0 Å². The number of unbranched alkanes of at least 4 members (excludes halogenated alkanes) is 1. The Hall–Kier alpha value is -5.66. The zero-order valence-corrected chi connectivity index (χ0v) is 31.0. The van der Waals surface area contributed by atoms with E-state index in [-0.39, 0.29) is 5.41 Å². The van der Waals surface area contributed by atoms with Crippen molar-refractivity contribution in [2.75, 3.05) is 4.90 Å². The highest BCUT2D eigenvalue weighted by molar-refractivity contribution is 5.99. The van der Waals surface area contributed by atoms with Crippen LogP contribution in [0.1, 0.15) is 63.1 Å². The molecule has 0 atom stereocenters. The van der Waals surface area contributed by atoms with Crippen molar-refractivity contribution in [3.05, 3.63) is 216 Å². The van der Waals surface area contributed by atoms with Crippen LogP contribution < -0.4 is 4.90 Å². The van der Waals surface area contributed by atoms with Crippen molar-refractivity contribution >= 4 is 33.9 Å². The number of nitrogens with zero attached hydrogens (tertiary/aromatic N) is 1. The standard InChI is InChI=1S/C51H51N/c1-5-7-8-9-10-11-12-14-27-44-28-18-20-33-49(44)52(50-34-22-30-41-26-17-19-32-47(41)50)45-36-35-43-31-21-29-42(37-38-51(3,4)48(43)39-45)46(23-6-2)40-24-15-13-16-25-40/h5-10,13-24,26-30,32-37,39H,1,11-12,25,31,38H2,2-4H3/b8-7-,10-9-,23-6-,27-14-,29-21-,42-37+,46-40+. The highest BCUT2D eigenvalue weighted by Gasteiger charge is 2.26. The van der Waals surface area contributed by atoms with Crippen LogP contribution in [0.2, 0.25) is 0 Å². The first kappa shape index (κ1) is 36.1. The van der Waals surface area contributed by atoms with Crippen molar-refractivity contribution in [3.63, 3.8) is 0 Å². The van der Waals surface area contributed by atoms with E-state index < -0.39 is 0 Å². The number of benzene rings is 4. The Morgan fingerprint density at radius 3 is 2.44 bits per heavy atom. The Morgan fingerprint density at radius 2 is 1.60 bits per heavy atom. The average molecular weight is 678 g/mol. The molecule has 0 amide bonds. The van der Waals surface area contributed by atoms with Crippen LogP contribution in [-0.2, 0) is 11.8 Å². The molecule has 0 unspecified atom stereocenters. The van der Waals surface area contributed by atoms with Crippen molar-refractivity contribution < 1.29 is 0 Å². The molecule has 0 aromatic heterocycles. The zero-order valence-electron chi connectivity index (χ0n) is 31.0. The fourth-order valence-electron chi connectivity index (χ4n) is 7.20. The zero-order chi connectivity index (χ0) is 36.2. The van der Waals surface area contributed by atoms with Crippen molar-refractivity contribution in [3.8, 4) is 0 Å². The van der Waals surface area contributed by atoms with Gasteiger partial charge < -0.3 is 4.90 Å². The summed E-state index contributed by atoms with van der Waals surface area (Å²) in [7, 11) is 0. The van der Waals surface area contributed by atoms with Gasteiger partial charge in [0.15, 0.2) is 0 Å². The molecular weight excluding hydrogens is 627 g/mol. The van der Waals surface area contributed by atoms with Crippen molar-refractivity contribution in [1.82, 2.24) is 0 Å². The van der Waals surface area contributed by atoms with Gasteiger partial charge in [0.25, 0.3) is 0 Å². The summed E-state index contributed by atoms with van der Waals surface area (Å²) in [6, 6.07) is 31.3. The third-order valence-electron chi connectivity index (χ3n) is 9.90. The van der Waals surface area contributed by atoms with Gasteiger partial charge in [0.1, 0.15) is 0 Å². The summed E-state index contributed by atoms with van der Waals surface area (Å²) >= 11 is 0. The molecule has 4 aromatic carbocycles. The minimum absolute atomic E-state index is 0.0884. The number of anilines is 3. The largest absolute Gasteiger partial charge is 0.309 e. The van der Waals surface area contributed by atoms with E-state index in [9.17, 15) is 0 Å². The van der Waals surface area contributed by atoms with E-state index in [1.807, 2.05) is 12.2 Å². The number of hydrogen-bond donors (Lipinski definition) is 0. The Labute approximate surface area is 312 Å². The van der Waals surface area contributed by atoms with Crippen molar-refractivity contribution in [2.45, 2.75) is 58.3 Å². The van der Waals surface area contributed by atoms with E-state index in [1.165, 1.54) is 61.2 Å². The van der Waals surface area contributed by atoms with Crippen LogP contribution in [0.4, 0.5) is 17.1 Å². The summed E-state index contributed by atoms with van der Waals surface area (Å²) in [5.74, 6) is 0. The number of fused-ring (bicyclic) bond motifs is 2. The van der Waals surface area contributed by atoms with Crippen LogP contribution in [0.15, 0.2) is 199 Å². The molecule has 6 rings (SSSR count). The SMILES string of the molecule is C=C/C=C\C=C/CC/C=C\c1ccccc1N(c1ccc2c(c1)C(C)(C)C/C=C(C(/C=C\C)=C1\C=CC=CC1)\C=C/C2)c1cccc2ccccc12. The van der Waals surface area contributed by atoms with Crippen LogP contribution in [0.25, 0.3) is 16.8 Å². The normalized spacial score (nSPS) is 18.3. The van der Waals surface area contributed by atoms with Crippen molar-refractivity contribution in [2.24, 2.45) is 0 Å².